The summed E-state index contributed by atoms with van der Waals surface area (Å²) in [6, 6.07) is 17.7. The minimum atomic E-state index is -1.20. The largest absolute Gasteiger partial charge is 0.508 e. The second kappa shape index (κ2) is 24.9. The Bertz CT molecular complexity index is 3150. The normalized spacial score (nSPS) is 22.5. The third-order valence-electron chi connectivity index (χ3n) is 16.2. The molecule has 3 amide bonds. The van der Waals surface area contributed by atoms with E-state index in [9.17, 15) is 29.4 Å². The first-order valence-corrected chi connectivity index (χ1v) is 28.1. The van der Waals surface area contributed by atoms with Gasteiger partial charge in [0.25, 0.3) is 11.8 Å². The highest BCUT2D eigenvalue weighted by molar-refractivity contribution is 5.96. The van der Waals surface area contributed by atoms with Crippen LogP contribution in [0.2, 0.25) is 0 Å². The highest BCUT2D eigenvalue weighted by atomic mass is 16.5. The van der Waals surface area contributed by atoms with Crippen molar-refractivity contribution in [1.29, 1.82) is 0 Å². The number of esters is 1. The average Bonchev–Trinajstić information content (AvgIpc) is 4.26. The summed E-state index contributed by atoms with van der Waals surface area (Å²) in [5, 5.41) is 26.9. The van der Waals surface area contributed by atoms with E-state index in [1.807, 2.05) is 45.0 Å². The van der Waals surface area contributed by atoms with Gasteiger partial charge < -0.3 is 49.7 Å². The second-order valence-corrected chi connectivity index (χ2v) is 22.9. The van der Waals surface area contributed by atoms with Gasteiger partial charge >= 0.3 is 5.97 Å². The lowest BCUT2D eigenvalue weighted by Crippen LogP contribution is -2.62. The number of morpholine rings is 1. The SMILES string of the molecule is CCn1c(-c2cc(C#CCN3CCOC[C@@H]3CO)cnc2[C@H](C)OC)c2c3cc(ccc31)-c1cc(O)cc(c1)C[C@H](NC(=O)[C@H](C(C)C)N(C)C(=O)[C@@H]1OCC[C@@H]1c1ccc(N)cc1)C(=O)N1CCC[C@H](N1)C(=O)OCC(C)(C)C2. The monoisotopic (exact) mass is 1090 g/mol. The lowest BCUT2D eigenvalue weighted by molar-refractivity contribution is -0.155. The molecule has 0 aliphatic carbocycles. The van der Waals surface area contributed by atoms with Crippen LogP contribution in [0.15, 0.2) is 72.9 Å². The van der Waals surface area contributed by atoms with Gasteiger partial charge in [-0.05, 0) is 116 Å². The van der Waals surface area contributed by atoms with Crippen LogP contribution < -0.4 is 16.5 Å². The van der Waals surface area contributed by atoms with Crippen LogP contribution in [0.25, 0.3) is 33.3 Å². The number of aliphatic hydroxyl groups excluding tert-OH is 1. The molecule has 0 saturated carbocycles. The lowest BCUT2D eigenvalue weighted by Gasteiger charge is -2.37. The molecule has 0 radical (unpaired) electrons. The number of aryl methyl sites for hydroxylation is 1. The Hall–Kier alpha value is -6.85. The highest BCUT2D eigenvalue weighted by Crippen LogP contribution is 2.43. The average molecular weight is 1100 g/mol. The van der Waals surface area contributed by atoms with Crippen molar-refractivity contribution in [3.05, 3.63) is 101 Å². The number of methoxy groups -OCH3 is 1. The first-order chi connectivity index (χ1) is 38.4. The standard InChI is InChI=1S/C62H78N8O10/c1-9-69-53-19-16-42-31-48(53)50(56(69)49-28-39(33-64-54(49)38(4)77-8)12-10-21-68-23-25-78-35-45(68)34-71)32-62(5,6)36-80-61(76)51-13-11-22-70(66-51)59(74)52(29-40-26-43(42)30-46(72)27-40)65-58(73)55(37(2)3)67(7)60(75)57-47(20-24-79-57)41-14-17-44(63)18-15-41/h14-19,26-28,30-31,33,37-38,45,47,51-52,55,57,66,71-72H,9,11,13,20-25,29,32,34-36,63H2,1-8H3,(H,65,73)/t38-,45-,47+,51-,52-,55-,57+/m0/s1. The first kappa shape index (κ1) is 57.8. The second-order valence-electron chi connectivity index (χ2n) is 22.9. The quantitative estimate of drug-likeness (QED) is 0.0539. The molecule has 3 aromatic carbocycles. The topological polar surface area (TPSA) is 223 Å². The molecule has 4 aliphatic rings. The van der Waals surface area contributed by atoms with E-state index >= 15 is 0 Å². The minimum Gasteiger partial charge on any atom is -0.508 e. The summed E-state index contributed by atoms with van der Waals surface area (Å²) in [6.07, 6.45) is 2.51. The zero-order chi connectivity index (χ0) is 57.0. The molecule has 3 fully saturated rings. The molecule has 7 atom stereocenters. The molecule has 6 N–H and O–H groups in total. The van der Waals surface area contributed by atoms with E-state index in [2.05, 4.69) is 71.0 Å². The Labute approximate surface area is 469 Å². The molecule has 5 aromatic rings. The Kier molecular flexibility index (Phi) is 18.0. The summed E-state index contributed by atoms with van der Waals surface area (Å²) in [5.74, 6) is 4.15. The molecular weight excluding hydrogens is 1020 g/mol. The number of hydrogen-bond acceptors (Lipinski definition) is 14. The minimum absolute atomic E-state index is 0.0175. The van der Waals surface area contributed by atoms with E-state index < -0.39 is 53.5 Å². The maximum absolute atomic E-state index is 15.0. The number of nitrogen functional groups attached to an aromatic ring is 1. The van der Waals surface area contributed by atoms with Gasteiger partial charge in [0, 0.05) is 92.1 Å². The van der Waals surface area contributed by atoms with Crippen LogP contribution in [0.4, 0.5) is 5.69 Å². The van der Waals surface area contributed by atoms with E-state index in [-0.39, 0.29) is 55.7 Å². The number of benzene rings is 3. The van der Waals surface area contributed by atoms with Crippen molar-refractivity contribution in [2.24, 2.45) is 11.3 Å². The third kappa shape index (κ3) is 12.5. The summed E-state index contributed by atoms with van der Waals surface area (Å²) in [6.45, 7) is 15.3. The number of cyclic esters (lactones) is 1. The molecule has 0 unspecified atom stereocenters. The Balaban J connectivity index is 1.11. The third-order valence-corrected chi connectivity index (χ3v) is 16.2. The van der Waals surface area contributed by atoms with E-state index in [0.29, 0.717) is 87.5 Å². The fraction of sp³-hybridized carbons (Fsp3) is 0.500. The van der Waals surface area contributed by atoms with Crippen LogP contribution in [0.1, 0.15) is 101 Å². The number of hydrogen-bond donors (Lipinski definition) is 5. The van der Waals surface area contributed by atoms with Crippen molar-refractivity contribution in [1.82, 2.24) is 35.1 Å². The van der Waals surface area contributed by atoms with Crippen molar-refractivity contribution >= 4 is 40.3 Å². The maximum atomic E-state index is 15.0. The summed E-state index contributed by atoms with van der Waals surface area (Å²) >= 11 is 0. The van der Waals surface area contributed by atoms with Gasteiger partial charge in [0.2, 0.25) is 5.91 Å². The molecule has 80 heavy (non-hydrogen) atoms. The van der Waals surface area contributed by atoms with Gasteiger partial charge in [0.05, 0.1) is 56.5 Å². The highest BCUT2D eigenvalue weighted by Gasteiger charge is 2.42. The molecule has 4 aliphatic heterocycles. The van der Waals surface area contributed by atoms with Crippen molar-refractivity contribution in [2.75, 3.05) is 72.6 Å². The number of carbonyl (C=O) groups is 4. The number of anilines is 1. The number of phenolic OH excluding ortho intramolecular Hbond substituents is 1. The van der Waals surface area contributed by atoms with Crippen LogP contribution in [0, 0.1) is 23.2 Å². The van der Waals surface area contributed by atoms with Gasteiger partial charge in [-0.1, -0.05) is 63.8 Å². The van der Waals surface area contributed by atoms with Crippen LogP contribution in [0.5, 0.6) is 5.75 Å². The molecule has 18 nitrogen and oxygen atoms in total. The number of likely N-dealkylation sites (N-methyl/N-ethyl adjacent to an activating group) is 1. The number of nitrogens with zero attached hydrogens (tertiary/aromatic N) is 5. The molecular formula is C62H78N8O10. The Morgan fingerprint density at radius 3 is 2.55 bits per heavy atom. The number of nitrogens with two attached hydrogens (primary N) is 1. The van der Waals surface area contributed by atoms with Crippen LogP contribution in [-0.2, 0) is 57.5 Å². The van der Waals surface area contributed by atoms with Gasteiger partial charge in [-0.3, -0.25) is 34.1 Å². The Morgan fingerprint density at radius 1 is 1.02 bits per heavy atom. The number of pyridine rings is 1. The number of amides is 3. The number of carbonyl (C=O) groups excluding carboxylic acids is 4. The number of phenols is 1. The molecule has 3 saturated heterocycles. The van der Waals surface area contributed by atoms with Gasteiger partial charge in [0.15, 0.2) is 0 Å². The number of aromatic hydroxyl groups is 1. The number of rotatable bonds is 12. The molecule has 6 bridgehead atoms. The fourth-order valence-corrected chi connectivity index (χ4v) is 11.9. The van der Waals surface area contributed by atoms with E-state index in [4.69, 9.17) is 29.7 Å². The summed E-state index contributed by atoms with van der Waals surface area (Å²) in [7, 11) is 3.25. The molecule has 6 heterocycles. The van der Waals surface area contributed by atoms with Gasteiger partial charge in [-0.15, -0.1) is 0 Å². The lowest BCUT2D eigenvalue weighted by atomic mass is 9.84. The van der Waals surface area contributed by atoms with Crippen molar-refractivity contribution in [3.8, 4) is 40.0 Å². The molecule has 9 rings (SSSR count). The van der Waals surface area contributed by atoms with Crippen LogP contribution in [0.3, 0.4) is 0 Å². The number of ether oxygens (including phenoxy) is 4. The molecule has 18 heteroatoms. The molecule has 0 spiro atoms. The predicted molar refractivity (Wildman–Crippen MR) is 305 cm³/mol. The van der Waals surface area contributed by atoms with Crippen LogP contribution >= 0.6 is 0 Å². The van der Waals surface area contributed by atoms with Crippen LogP contribution in [-0.4, -0.2) is 155 Å². The number of aliphatic hydroxyl groups is 1. The van der Waals surface area contributed by atoms with E-state index in [0.717, 1.165) is 44.5 Å². The smallest absolute Gasteiger partial charge is 0.324 e. The predicted octanol–water partition coefficient (Wildman–Crippen LogP) is 6.13. The first-order valence-electron chi connectivity index (χ1n) is 28.1. The van der Waals surface area contributed by atoms with Gasteiger partial charge in [-0.25, -0.2) is 5.43 Å². The van der Waals surface area contributed by atoms with Gasteiger partial charge in [0.1, 0.15) is 30.0 Å². The zero-order valence-electron chi connectivity index (χ0n) is 47.4. The van der Waals surface area contributed by atoms with Crippen molar-refractivity contribution < 1.29 is 48.3 Å². The number of aromatic nitrogens is 2. The zero-order valence-corrected chi connectivity index (χ0v) is 47.4. The molecule has 2 aromatic heterocycles. The fourth-order valence-electron chi connectivity index (χ4n) is 11.9. The number of nitrogens with one attached hydrogen (secondary N) is 2. The summed E-state index contributed by atoms with van der Waals surface area (Å²) in [5.41, 5.74) is 17.3. The number of fused-ring (bicyclic) bond motifs is 6. The summed E-state index contributed by atoms with van der Waals surface area (Å²) < 4.78 is 26.1. The molecule has 426 valence electrons. The van der Waals surface area contributed by atoms with E-state index in [1.165, 1.54) is 9.91 Å². The van der Waals surface area contributed by atoms with Gasteiger partial charge in [-0.2, -0.15) is 0 Å². The maximum Gasteiger partial charge on any atom is 0.324 e. The van der Waals surface area contributed by atoms with E-state index in [1.54, 1.807) is 44.6 Å². The Morgan fingerprint density at radius 2 is 1.81 bits per heavy atom. The summed E-state index contributed by atoms with van der Waals surface area (Å²) in [4.78, 5) is 67.0. The van der Waals surface area contributed by atoms with Crippen molar-refractivity contribution in [2.45, 2.75) is 122 Å². The number of hydrazine groups is 1. The van der Waals surface area contributed by atoms with Crippen molar-refractivity contribution in [3.63, 3.8) is 0 Å².